The van der Waals surface area contributed by atoms with Gasteiger partial charge >= 0.3 is 11.9 Å². The zero-order valence-electron chi connectivity index (χ0n) is 14.1. The lowest BCUT2D eigenvalue weighted by molar-refractivity contribution is -0.136. The predicted octanol–water partition coefficient (Wildman–Crippen LogP) is 1.82. The van der Waals surface area contributed by atoms with Crippen LogP contribution in [0.1, 0.15) is 12.8 Å². The molecule has 9 heteroatoms. The van der Waals surface area contributed by atoms with Gasteiger partial charge in [-0.15, -0.1) is 0 Å². The highest BCUT2D eigenvalue weighted by Gasteiger charge is 2.10. The standard InChI is InChI=1S/C18H18O9/c19-11-5-12(20)8-15(7-11)26-17(23)1-3-25-4-2-18(24)27-16-9-13(21)6-14(22)10-16/h5-10,19-22H,1-4H2. The van der Waals surface area contributed by atoms with Crippen LogP contribution in [0.2, 0.25) is 0 Å². The van der Waals surface area contributed by atoms with Gasteiger partial charge in [-0.05, 0) is 0 Å². The molecule has 27 heavy (non-hydrogen) atoms. The molecular formula is C18H18O9. The zero-order valence-corrected chi connectivity index (χ0v) is 14.1. The number of carbonyl (C=O) groups is 2. The van der Waals surface area contributed by atoms with E-state index >= 15 is 0 Å². The topological polar surface area (TPSA) is 143 Å². The van der Waals surface area contributed by atoms with Gasteiger partial charge in [0.25, 0.3) is 0 Å². The number of ether oxygens (including phenoxy) is 3. The number of carbonyl (C=O) groups excluding carboxylic acids is 2. The molecule has 0 saturated heterocycles. The molecule has 0 fully saturated rings. The van der Waals surface area contributed by atoms with Crippen molar-refractivity contribution >= 4 is 11.9 Å². The van der Waals surface area contributed by atoms with Gasteiger partial charge in [-0.3, -0.25) is 9.59 Å². The molecule has 9 nitrogen and oxygen atoms in total. The largest absolute Gasteiger partial charge is 0.508 e. The average Bonchev–Trinajstić information content (AvgIpc) is 2.52. The molecule has 0 saturated carbocycles. The number of hydrogen-bond donors (Lipinski definition) is 4. The molecule has 2 rings (SSSR count). The van der Waals surface area contributed by atoms with Crippen molar-refractivity contribution in [3.8, 4) is 34.5 Å². The maximum absolute atomic E-state index is 11.6. The van der Waals surface area contributed by atoms with Crippen molar-refractivity contribution in [3.05, 3.63) is 36.4 Å². The summed E-state index contributed by atoms with van der Waals surface area (Å²) in [5, 5.41) is 37.2. The Morgan fingerprint density at radius 2 is 0.963 bits per heavy atom. The summed E-state index contributed by atoms with van der Waals surface area (Å²) in [6.45, 7) is -0.0202. The Morgan fingerprint density at radius 3 is 1.30 bits per heavy atom. The van der Waals surface area contributed by atoms with E-state index in [0.29, 0.717) is 0 Å². The lowest BCUT2D eigenvalue weighted by atomic mass is 10.3. The van der Waals surface area contributed by atoms with Crippen LogP contribution in [0.4, 0.5) is 0 Å². The number of benzene rings is 2. The third-order valence-corrected chi connectivity index (χ3v) is 3.12. The summed E-state index contributed by atoms with van der Waals surface area (Å²) in [7, 11) is 0. The van der Waals surface area contributed by atoms with E-state index in [9.17, 15) is 30.0 Å². The molecular weight excluding hydrogens is 360 g/mol. The van der Waals surface area contributed by atoms with Crippen molar-refractivity contribution in [1.29, 1.82) is 0 Å². The molecule has 0 aliphatic heterocycles. The maximum atomic E-state index is 11.6. The van der Waals surface area contributed by atoms with Crippen LogP contribution in [0.15, 0.2) is 36.4 Å². The molecule has 0 spiro atoms. The first-order chi connectivity index (χ1) is 12.8. The van der Waals surface area contributed by atoms with Crippen LogP contribution in [0.25, 0.3) is 0 Å². The van der Waals surface area contributed by atoms with E-state index in [1.807, 2.05) is 0 Å². The third-order valence-electron chi connectivity index (χ3n) is 3.12. The first-order valence-electron chi connectivity index (χ1n) is 7.87. The van der Waals surface area contributed by atoms with E-state index in [-0.39, 0.29) is 60.6 Å². The van der Waals surface area contributed by atoms with E-state index in [1.54, 1.807) is 0 Å². The quantitative estimate of drug-likeness (QED) is 0.307. The highest BCUT2D eigenvalue weighted by atomic mass is 16.5. The van der Waals surface area contributed by atoms with E-state index < -0.39 is 11.9 Å². The first kappa shape index (κ1) is 19.9. The Bertz CT molecular complexity index is 708. The predicted molar refractivity (Wildman–Crippen MR) is 90.9 cm³/mol. The average molecular weight is 378 g/mol. The molecule has 0 unspecified atom stereocenters. The van der Waals surface area contributed by atoms with Crippen LogP contribution in [-0.2, 0) is 14.3 Å². The number of phenols is 4. The number of esters is 2. The summed E-state index contributed by atoms with van der Waals surface area (Å²) in [5.74, 6) is -2.26. The molecule has 0 aliphatic carbocycles. The summed E-state index contributed by atoms with van der Waals surface area (Å²) in [5.41, 5.74) is 0. The third kappa shape index (κ3) is 7.12. The molecule has 0 atom stereocenters. The van der Waals surface area contributed by atoms with Gasteiger partial charge in [-0.2, -0.15) is 0 Å². The minimum Gasteiger partial charge on any atom is -0.508 e. The molecule has 144 valence electrons. The minimum absolute atomic E-state index is 0.00422. The number of hydrogen-bond acceptors (Lipinski definition) is 9. The van der Waals surface area contributed by atoms with Gasteiger partial charge in [0, 0.05) is 36.4 Å². The Labute approximate surface area is 154 Å². The highest BCUT2D eigenvalue weighted by molar-refractivity contribution is 5.73. The van der Waals surface area contributed by atoms with Gasteiger partial charge in [0.2, 0.25) is 0 Å². The molecule has 0 aromatic heterocycles. The highest BCUT2D eigenvalue weighted by Crippen LogP contribution is 2.26. The summed E-state index contributed by atoms with van der Waals surface area (Å²) in [4.78, 5) is 23.3. The Morgan fingerprint density at radius 1 is 0.630 bits per heavy atom. The van der Waals surface area contributed by atoms with Crippen molar-refractivity contribution in [2.24, 2.45) is 0 Å². The smallest absolute Gasteiger partial charge is 0.313 e. The van der Waals surface area contributed by atoms with Crippen LogP contribution in [0.5, 0.6) is 34.5 Å². The fourth-order valence-corrected chi connectivity index (χ4v) is 2.03. The molecule has 4 N–H and O–H groups in total. The fourth-order valence-electron chi connectivity index (χ4n) is 2.03. The van der Waals surface area contributed by atoms with Gasteiger partial charge < -0.3 is 34.6 Å². The van der Waals surface area contributed by atoms with Crippen molar-refractivity contribution in [3.63, 3.8) is 0 Å². The molecule has 2 aromatic rings. The van der Waals surface area contributed by atoms with Gasteiger partial charge in [-0.25, -0.2) is 0 Å². The SMILES string of the molecule is O=C(CCOCCC(=O)Oc1cc(O)cc(O)c1)Oc1cc(O)cc(O)c1. The second kappa shape index (κ2) is 9.30. The van der Waals surface area contributed by atoms with E-state index in [1.165, 1.54) is 24.3 Å². The molecule has 0 heterocycles. The Kier molecular flexibility index (Phi) is 6.84. The van der Waals surface area contributed by atoms with Crippen molar-refractivity contribution in [2.75, 3.05) is 13.2 Å². The first-order valence-corrected chi connectivity index (χ1v) is 7.87. The minimum atomic E-state index is -0.641. The number of rotatable bonds is 8. The Hall–Kier alpha value is -3.46. The summed E-state index contributed by atoms with van der Waals surface area (Å²) in [6.07, 6.45) is -0.211. The van der Waals surface area contributed by atoms with Crippen molar-refractivity contribution < 1.29 is 44.2 Å². The van der Waals surface area contributed by atoms with E-state index in [2.05, 4.69) is 0 Å². The zero-order chi connectivity index (χ0) is 19.8. The van der Waals surface area contributed by atoms with Gasteiger partial charge in [-0.1, -0.05) is 0 Å². The van der Waals surface area contributed by atoms with Crippen LogP contribution < -0.4 is 9.47 Å². The van der Waals surface area contributed by atoms with E-state index in [0.717, 1.165) is 12.1 Å². The normalized spacial score (nSPS) is 10.4. The summed E-state index contributed by atoms with van der Waals surface area (Å²) in [6, 6.07) is 6.89. The molecule has 0 radical (unpaired) electrons. The summed E-state index contributed by atoms with van der Waals surface area (Å²) < 4.78 is 15.0. The molecule has 0 bridgehead atoms. The lowest BCUT2D eigenvalue weighted by Gasteiger charge is -2.07. The van der Waals surface area contributed by atoms with Crippen LogP contribution in [0, 0.1) is 0 Å². The molecule has 0 amide bonds. The maximum Gasteiger partial charge on any atom is 0.313 e. The van der Waals surface area contributed by atoms with Crippen molar-refractivity contribution in [1.82, 2.24) is 0 Å². The second-order valence-corrected chi connectivity index (χ2v) is 5.43. The van der Waals surface area contributed by atoms with Crippen LogP contribution in [-0.4, -0.2) is 45.6 Å². The second-order valence-electron chi connectivity index (χ2n) is 5.43. The van der Waals surface area contributed by atoms with Gasteiger partial charge in [0.05, 0.1) is 26.1 Å². The summed E-state index contributed by atoms with van der Waals surface area (Å²) >= 11 is 0. The van der Waals surface area contributed by atoms with Gasteiger partial charge in [0.15, 0.2) is 0 Å². The lowest BCUT2D eigenvalue weighted by Crippen LogP contribution is -2.14. The van der Waals surface area contributed by atoms with Gasteiger partial charge in [0.1, 0.15) is 34.5 Å². The number of aromatic hydroxyl groups is 4. The number of phenolic OH excluding ortho intramolecular Hbond substituents is 4. The molecule has 0 aliphatic rings. The molecule has 2 aromatic carbocycles. The fraction of sp³-hybridized carbons (Fsp3) is 0.222. The van der Waals surface area contributed by atoms with Crippen molar-refractivity contribution in [2.45, 2.75) is 12.8 Å². The van der Waals surface area contributed by atoms with Crippen LogP contribution in [0.3, 0.4) is 0 Å². The van der Waals surface area contributed by atoms with Crippen LogP contribution >= 0.6 is 0 Å². The van der Waals surface area contributed by atoms with E-state index in [4.69, 9.17) is 14.2 Å². The monoisotopic (exact) mass is 378 g/mol. The Balaban J connectivity index is 1.64.